The van der Waals surface area contributed by atoms with Crippen LogP contribution in [0.1, 0.15) is 6.92 Å². The van der Waals surface area contributed by atoms with Gasteiger partial charge in [0.25, 0.3) is 5.91 Å². The van der Waals surface area contributed by atoms with Crippen LogP contribution >= 0.6 is 11.6 Å². The number of benzene rings is 2. The van der Waals surface area contributed by atoms with Gasteiger partial charge in [-0.3, -0.25) is 4.79 Å². The first-order chi connectivity index (χ1) is 12.0. The molecule has 0 saturated carbocycles. The second kappa shape index (κ2) is 8.94. The summed E-state index contributed by atoms with van der Waals surface area (Å²) in [6.45, 7) is 1.18. The number of esters is 1. The van der Waals surface area contributed by atoms with Gasteiger partial charge < -0.3 is 19.5 Å². The average Bonchev–Trinajstić information content (AvgIpc) is 2.61. The third kappa shape index (κ3) is 5.69. The summed E-state index contributed by atoms with van der Waals surface area (Å²) in [7, 11) is 1.48. The number of amides is 1. The summed E-state index contributed by atoms with van der Waals surface area (Å²) >= 11 is 5.91. The van der Waals surface area contributed by atoms with E-state index in [0.29, 0.717) is 22.2 Å². The van der Waals surface area contributed by atoms with Crippen LogP contribution < -0.4 is 14.8 Å². The molecule has 0 spiro atoms. The second-order valence-electron chi connectivity index (χ2n) is 5.07. The maximum atomic E-state index is 12.2. The van der Waals surface area contributed by atoms with Gasteiger partial charge in [0.1, 0.15) is 11.5 Å². The third-order valence-electron chi connectivity index (χ3n) is 3.20. The van der Waals surface area contributed by atoms with Crippen molar-refractivity contribution in [2.45, 2.75) is 13.0 Å². The van der Waals surface area contributed by atoms with Crippen LogP contribution in [0, 0.1) is 0 Å². The first-order valence-corrected chi connectivity index (χ1v) is 7.89. The Hall–Kier alpha value is -2.73. The predicted octanol–water partition coefficient (Wildman–Crippen LogP) is 3.30. The van der Waals surface area contributed by atoms with Gasteiger partial charge in [-0.25, -0.2) is 4.79 Å². The SMILES string of the molecule is COc1ccc(Cl)cc1NC(=O)[C@@H](C)OC(=O)COc1ccccc1. The van der Waals surface area contributed by atoms with Crippen LogP contribution in [0.5, 0.6) is 11.5 Å². The first kappa shape index (κ1) is 18.6. The smallest absolute Gasteiger partial charge is 0.344 e. The lowest BCUT2D eigenvalue weighted by molar-refractivity contribution is -0.155. The molecule has 0 unspecified atom stereocenters. The third-order valence-corrected chi connectivity index (χ3v) is 3.43. The van der Waals surface area contributed by atoms with Crippen LogP contribution in [0.3, 0.4) is 0 Å². The van der Waals surface area contributed by atoms with E-state index < -0.39 is 18.0 Å². The van der Waals surface area contributed by atoms with Crippen molar-refractivity contribution in [2.24, 2.45) is 0 Å². The van der Waals surface area contributed by atoms with E-state index in [1.165, 1.54) is 14.0 Å². The maximum absolute atomic E-state index is 12.2. The number of carbonyl (C=O) groups is 2. The molecule has 0 saturated heterocycles. The van der Waals surface area contributed by atoms with E-state index in [1.807, 2.05) is 6.07 Å². The Morgan fingerprint density at radius 3 is 2.56 bits per heavy atom. The van der Waals surface area contributed by atoms with E-state index in [0.717, 1.165) is 0 Å². The molecule has 0 heterocycles. The molecule has 0 fully saturated rings. The highest BCUT2D eigenvalue weighted by Crippen LogP contribution is 2.27. The van der Waals surface area contributed by atoms with Crippen molar-refractivity contribution in [2.75, 3.05) is 19.0 Å². The number of nitrogens with one attached hydrogen (secondary N) is 1. The van der Waals surface area contributed by atoms with Crippen molar-refractivity contribution in [3.63, 3.8) is 0 Å². The van der Waals surface area contributed by atoms with Crippen molar-refractivity contribution >= 4 is 29.2 Å². The summed E-state index contributed by atoms with van der Waals surface area (Å²) in [5.41, 5.74) is 0.392. The van der Waals surface area contributed by atoms with E-state index in [1.54, 1.807) is 42.5 Å². The van der Waals surface area contributed by atoms with Crippen molar-refractivity contribution in [1.82, 2.24) is 0 Å². The topological polar surface area (TPSA) is 73.9 Å². The Morgan fingerprint density at radius 2 is 1.88 bits per heavy atom. The van der Waals surface area contributed by atoms with Crippen LogP contribution in [0.4, 0.5) is 5.69 Å². The molecule has 2 rings (SSSR count). The number of halogens is 1. The Balaban J connectivity index is 1.87. The molecule has 1 atom stereocenters. The van der Waals surface area contributed by atoms with E-state index >= 15 is 0 Å². The minimum absolute atomic E-state index is 0.290. The molecule has 0 bridgehead atoms. The number of methoxy groups -OCH3 is 1. The molecule has 1 N–H and O–H groups in total. The lowest BCUT2D eigenvalue weighted by Crippen LogP contribution is -2.31. The molecule has 0 aliphatic rings. The molecule has 0 radical (unpaired) electrons. The first-order valence-electron chi connectivity index (χ1n) is 7.51. The van der Waals surface area contributed by atoms with Crippen LogP contribution in [-0.4, -0.2) is 31.7 Å². The fourth-order valence-electron chi connectivity index (χ4n) is 1.96. The molecular weight excluding hydrogens is 346 g/mol. The Bertz CT molecular complexity index is 736. The van der Waals surface area contributed by atoms with Crippen molar-refractivity contribution < 1.29 is 23.8 Å². The molecule has 2 aromatic carbocycles. The van der Waals surface area contributed by atoms with Gasteiger partial charge >= 0.3 is 5.97 Å². The molecule has 0 aliphatic carbocycles. The van der Waals surface area contributed by atoms with E-state index in [2.05, 4.69) is 5.32 Å². The summed E-state index contributed by atoms with van der Waals surface area (Å²) in [6.07, 6.45) is -1.00. The summed E-state index contributed by atoms with van der Waals surface area (Å²) in [5, 5.41) is 3.06. The van der Waals surface area contributed by atoms with E-state index in [9.17, 15) is 9.59 Å². The molecule has 2 aromatic rings. The highest BCUT2D eigenvalue weighted by molar-refractivity contribution is 6.31. The van der Waals surface area contributed by atoms with Crippen molar-refractivity contribution in [1.29, 1.82) is 0 Å². The van der Waals surface area contributed by atoms with Crippen LogP contribution in [0.25, 0.3) is 0 Å². The zero-order valence-electron chi connectivity index (χ0n) is 13.8. The number of anilines is 1. The van der Waals surface area contributed by atoms with Gasteiger partial charge in [-0.05, 0) is 37.3 Å². The minimum Gasteiger partial charge on any atom is -0.495 e. The zero-order chi connectivity index (χ0) is 18.2. The number of ether oxygens (including phenoxy) is 3. The van der Waals surface area contributed by atoms with E-state index in [4.69, 9.17) is 25.8 Å². The highest BCUT2D eigenvalue weighted by Gasteiger charge is 2.19. The lowest BCUT2D eigenvalue weighted by atomic mass is 10.2. The van der Waals surface area contributed by atoms with Gasteiger partial charge in [0.05, 0.1) is 12.8 Å². The summed E-state index contributed by atoms with van der Waals surface area (Å²) in [5.74, 6) is -0.165. The normalized spacial score (nSPS) is 11.3. The average molecular weight is 364 g/mol. The molecule has 25 heavy (non-hydrogen) atoms. The van der Waals surface area contributed by atoms with E-state index in [-0.39, 0.29) is 6.61 Å². The second-order valence-corrected chi connectivity index (χ2v) is 5.50. The molecular formula is C18H18ClNO5. The lowest BCUT2D eigenvalue weighted by Gasteiger charge is -2.15. The van der Waals surface area contributed by atoms with Gasteiger partial charge in [0, 0.05) is 5.02 Å². The fourth-order valence-corrected chi connectivity index (χ4v) is 2.13. The Labute approximate surface area is 150 Å². The molecule has 6 nitrogen and oxygen atoms in total. The Morgan fingerprint density at radius 1 is 1.16 bits per heavy atom. The van der Waals surface area contributed by atoms with Gasteiger partial charge in [-0.2, -0.15) is 0 Å². The summed E-state index contributed by atoms with van der Waals surface area (Å²) in [6, 6.07) is 13.7. The van der Waals surface area contributed by atoms with Crippen LogP contribution in [0.2, 0.25) is 5.02 Å². The zero-order valence-corrected chi connectivity index (χ0v) is 14.6. The number of carbonyl (C=O) groups excluding carboxylic acids is 2. The predicted molar refractivity (Wildman–Crippen MR) is 94.1 cm³/mol. The number of hydrogen-bond acceptors (Lipinski definition) is 5. The minimum atomic E-state index is -1.00. The summed E-state index contributed by atoms with van der Waals surface area (Å²) < 4.78 is 15.5. The molecule has 132 valence electrons. The number of rotatable bonds is 7. The van der Waals surface area contributed by atoms with Gasteiger partial charge in [-0.1, -0.05) is 29.8 Å². The number of hydrogen-bond donors (Lipinski definition) is 1. The van der Waals surface area contributed by atoms with Crippen molar-refractivity contribution in [3.8, 4) is 11.5 Å². The van der Waals surface area contributed by atoms with Crippen LogP contribution in [-0.2, 0) is 14.3 Å². The monoisotopic (exact) mass is 363 g/mol. The molecule has 0 aliphatic heterocycles. The molecule has 7 heteroatoms. The quantitative estimate of drug-likeness (QED) is 0.764. The van der Waals surface area contributed by atoms with Gasteiger partial charge in [0.15, 0.2) is 12.7 Å². The standard InChI is InChI=1S/C18H18ClNO5/c1-12(25-17(21)11-24-14-6-4-3-5-7-14)18(22)20-15-10-13(19)8-9-16(15)23-2/h3-10,12H,11H2,1-2H3,(H,20,22)/t12-/m1/s1. The van der Waals surface area contributed by atoms with Gasteiger partial charge in [-0.15, -0.1) is 0 Å². The maximum Gasteiger partial charge on any atom is 0.344 e. The van der Waals surface area contributed by atoms with Gasteiger partial charge in [0.2, 0.25) is 0 Å². The molecule has 1 amide bonds. The highest BCUT2D eigenvalue weighted by atomic mass is 35.5. The molecule has 0 aromatic heterocycles. The van der Waals surface area contributed by atoms with Crippen molar-refractivity contribution in [3.05, 3.63) is 53.6 Å². The van der Waals surface area contributed by atoms with Crippen LogP contribution in [0.15, 0.2) is 48.5 Å². The fraction of sp³-hybridized carbons (Fsp3) is 0.222. The Kier molecular flexibility index (Phi) is 6.65. The summed E-state index contributed by atoms with van der Waals surface area (Å²) in [4.78, 5) is 24.0. The number of para-hydroxylation sites is 1. The largest absolute Gasteiger partial charge is 0.495 e.